The number of benzene rings is 2. The zero-order valence-electron chi connectivity index (χ0n) is 18.6. The van der Waals surface area contributed by atoms with E-state index in [1.165, 1.54) is 0 Å². The fraction of sp³-hybridized carbons (Fsp3) is 0.375. The standard InChI is InChI=1S/C24H25NO6.Y/c1-6-16(26)21-12(2)23(25)15-10-18-17(30-11-31-18)9-14(15)22(21)13-7-19(27-3)24(29-5)20(8-13)28-4;/h7-10,12,21-22H,2,6,11H2,1,3-5H3;/q-2;/t12-,21+,22+;/m0./s1. The van der Waals surface area contributed by atoms with Crippen LogP contribution in [0.4, 0.5) is 0 Å². The number of ketones is 1. The van der Waals surface area contributed by atoms with Gasteiger partial charge in [0.15, 0.2) is 23.0 Å². The Morgan fingerprint density at radius 2 is 1.66 bits per heavy atom. The van der Waals surface area contributed by atoms with Crippen molar-refractivity contribution in [2.45, 2.75) is 19.3 Å². The summed E-state index contributed by atoms with van der Waals surface area (Å²) in [6, 6.07) is 7.27. The minimum absolute atomic E-state index is 0. The Labute approximate surface area is 213 Å². The molecule has 3 atom stereocenters. The summed E-state index contributed by atoms with van der Waals surface area (Å²) in [5, 5.41) is 11.0. The average molecular weight is 512 g/mol. The number of methoxy groups -OCH3 is 3. The maximum absolute atomic E-state index is 13.1. The van der Waals surface area contributed by atoms with E-state index in [1.807, 2.05) is 25.1 Å². The van der Waals surface area contributed by atoms with E-state index in [4.69, 9.17) is 23.7 Å². The zero-order valence-corrected chi connectivity index (χ0v) is 21.5. The number of hydrogen-bond donors (Lipinski definition) is 0. The molecule has 1 aliphatic heterocycles. The Morgan fingerprint density at radius 3 is 2.19 bits per heavy atom. The molecule has 0 unspecified atom stereocenters. The van der Waals surface area contributed by atoms with Crippen molar-refractivity contribution in [3.05, 3.63) is 53.3 Å². The van der Waals surface area contributed by atoms with E-state index < -0.39 is 17.8 Å². The Bertz CT molecular complexity index is 1030. The van der Waals surface area contributed by atoms with Crippen LogP contribution in [0.15, 0.2) is 24.3 Å². The molecular formula is C24H25NO6Y-2. The van der Waals surface area contributed by atoms with Crippen LogP contribution < -0.4 is 23.7 Å². The van der Waals surface area contributed by atoms with Crippen LogP contribution in [-0.2, 0) is 37.5 Å². The second-order valence-corrected chi connectivity index (χ2v) is 7.57. The van der Waals surface area contributed by atoms with Crippen LogP contribution in [0.2, 0.25) is 0 Å². The number of Topliss-reactive ketones (excluding diaryl/α,β-unsaturated/α-hetero) is 1. The van der Waals surface area contributed by atoms with Crippen LogP contribution >= 0.6 is 0 Å². The van der Waals surface area contributed by atoms with Crippen LogP contribution in [-0.4, -0.2) is 39.6 Å². The fourth-order valence-corrected chi connectivity index (χ4v) is 4.55. The Balaban J connectivity index is 0.00000289. The van der Waals surface area contributed by atoms with E-state index in [0.29, 0.717) is 40.7 Å². The molecule has 0 fully saturated rings. The van der Waals surface area contributed by atoms with E-state index in [2.05, 4.69) is 6.92 Å². The summed E-state index contributed by atoms with van der Waals surface area (Å²) < 4.78 is 27.6. The average Bonchev–Trinajstić information content (AvgIpc) is 3.26. The maximum atomic E-state index is 13.1. The number of rotatable bonds is 6. The molecule has 2 aromatic rings. The summed E-state index contributed by atoms with van der Waals surface area (Å²) in [5.41, 5.74) is 2.23. The smallest absolute Gasteiger partial charge is 0.231 e. The first-order chi connectivity index (χ1) is 14.9. The second-order valence-electron chi connectivity index (χ2n) is 7.57. The van der Waals surface area contributed by atoms with Crippen molar-refractivity contribution in [1.29, 1.82) is 0 Å². The molecule has 0 aromatic heterocycles. The number of fused-ring (bicyclic) bond motifs is 2. The van der Waals surface area contributed by atoms with Crippen molar-refractivity contribution in [3.8, 4) is 28.7 Å². The van der Waals surface area contributed by atoms with Crippen LogP contribution in [0.25, 0.3) is 5.41 Å². The van der Waals surface area contributed by atoms with Crippen LogP contribution in [0.5, 0.6) is 28.7 Å². The van der Waals surface area contributed by atoms with Crippen molar-refractivity contribution in [3.63, 3.8) is 0 Å². The molecule has 0 saturated heterocycles. The van der Waals surface area contributed by atoms with Crippen molar-refractivity contribution in [1.82, 2.24) is 0 Å². The third-order valence-corrected chi connectivity index (χ3v) is 6.07. The SMILES string of the molecule is [CH2-][C@@H]1C(=[N-])c2cc3c(cc2[C@@H](c2cc(OC)c(OC)c(OC)c2)[C@H]1C(=O)CC)OCO3.[Y]. The van der Waals surface area contributed by atoms with Gasteiger partial charge in [-0.2, -0.15) is 11.6 Å². The molecule has 0 spiro atoms. The molecule has 0 saturated carbocycles. The second kappa shape index (κ2) is 9.79. The van der Waals surface area contributed by atoms with E-state index in [9.17, 15) is 10.2 Å². The van der Waals surface area contributed by atoms with Gasteiger partial charge >= 0.3 is 0 Å². The van der Waals surface area contributed by atoms with Gasteiger partial charge in [0, 0.05) is 51.0 Å². The number of nitrogens with zero attached hydrogens (tertiary/aromatic N) is 1. The predicted molar refractivity (Wildman–Crippen MR) is 116 cm³/mol. The van der Waals surface area contributed by atoms with Gasteiger partial charge in [-0.3, -0.25) is 4.79 Å². The van der Waals surface area contributed by atoms with Crippen LogP contribution in [0.1, 0.15) is 36.0 Å². The summed E-state index contributed by atoms with van der Waals surface area (Å²) in [4.78, 5) is 13.1. The normalized spacial score (nSPS) is 20.8. The quantitative estimate of drug-likeness (QED) is 0.545. The van der Waals surface area contributed by atoms with Crippen LogP contribution in [0, 0.1) is 18.8 Å². The minimum atomic E-state index is -0.621. The van der Waals surface area contributed by atoms with Gasteiger partial charge in [-0.15, -0.1) is 0 Å². The number of carbonyl (C=O) groups is 1. The summed E-state index contributed by atoms with van der Waals surface area (Å²) >= 11 is 0. The van der Waals surface area contributed by atoms with E-state index in [0.717, 1.165) is 11.1 Å². The first-order valence-corrected chi connectivity index (χ1v) is 10.1. The Hall–Kier alpha value is -2.12. The third kappa shape index (κ3) is 3.90. The molecule has 0 amide bonds. The topological polar surface area (TPSA) is 85.5 Å². The molecule has 7 nitrogen and oxygen atoms in total. The van der Waals surface area contributed by atoms with E-state index in [1.54, 1.807) is 27.4 Å². The molecule has 2 aliphatic rings. The van der Waals surface area contributed by atoms with Gasteiger partial charge in [0.1, 0.15) is 5.78 Å². The van der Waals surface area contributed by atoms with Gasteiger partial charge in [0.2, 0.25) is 12.5 Å². The summed E-state index contributed by atoms with van der Waals surface area (Å²) in [6.45, 7) is 6.07. The molecule has 2 aromatic carbocycles. The van der Waals surface area contributed by atoms with Crippen molar-refractivity contribution in [2.24, 2.45) is 11.8 Å². The van der Waals surface area contributed by atoms with Gasteiger partial charge in [0.05, 0.1) is 21.3 Å². The van der Waals surface area contributed by atoms with Crippen LogP contribution in [0.3, 0.4) is 0 Å². The zero-order chi connectivity index (χ0) is 22.3. The monoisotopic (exact) mass is 512 g/mol. The van der Waals surface area contributed by atoms with E-state index in [-0.39, 0.29) is 51.0 Å². The first-order valence-electron chi connectivity index (χ1n) is 10.1. The predicted octanol–water partition coefficient (Wildman–Crippen LogP) is 3.99. The summed E-state index contributed by atoms with van der Waals surface area (Å²) in [6.07, 6.45) is 0.324. The molecule has 167 valence electrons. The Morgan fingerprint density at radius 1 is 1.06 bits per heavy atom. The van der Waals surface area contributed by atoms with Crippen molar-refractivity contribution >= 4 is 11.5 Å². The third-order valence-electron chi connectivity index (χ3n) is 6.07. The molecule has 1 aliphatic carbocycles. The van der Waals surface area contributed by atoms with Gasteiger partial charge in [-0.25, -0.2) is 0 Å². The van der Waals surface area contributed by atoms with E-state index >= 15 is 0 Å². The number of carbonyl (C=O) groups excluding carboxylic acids is 1. The molecular weight excluding hydrogens is 487 g/mol. The van der Waals surface area contributed by atoms with Gasteiger partial charge in [-0.1, -0.05) is 6.92 Å². The number of hydrogen-bond acceptors (Lipinski definition) is 6. The molecule has 1 radical (unpaired) electrons. The maximum Gasteiger partial charge on any atom is 0.231 e. The molecule has 1 heterocycles. The largest absolute Gasteiger partial charge is 0.809 e. The van der Waals surface area contributed by atoms with Gasteiger partial charge in [-0.05, 0) is 41.0 Å². The summed E-state index contributed by atoms with van der Waals surface area (Å²) in [7, 11) is 4.64. The molecule has 0 N–H and O–H groups in total. The van der Waals surface area contributed by atoms with Crippen molar-refractivity contribution in [2.75, 3.05) is 28.1 Å². The minimum Gasteiger partial charge on any atom is -0.809 e. The van der Waals surface area contributed by atoms with Gasteiger partial charge < -0.3 is 36.0 Å². The fourth-order valence-electron chi connectivity index (χ4n) is 4.55. The molecule has 32 heavy (non-hydrogen) atoms. The molecule has 4 rings (SSSR count). The van der Waals surface area contributed by atoms with Gasteiger partial charge in [0.25, 0.3) is 0 Å². The Kier molecular flexibility index (Phi) is 7.51. The van der Waals surface area contributed by atoms with Crippen molar-refractivity contribution < 1.29 is 61.2 Å². The molecule has 0 bridgehead atoms. The summed E-state index contributed by atoms with van der Waals surface area (Å²) in [5.74, 6) is 0.996. The first kappa shape index (κ1) is 24.5. The number of ether oxygens (including phenoxy) is 5. The molecule has 8 heteroatoms.